The van der Waals surface area contributed by atoms with Crippen molar-refractivity contribution in [3.63, 3.8) is 0 Å². The molecule has 1 aromatic heterocycles. The number of carbonyl (C=O) groups is 2. The molecule has 0 amide bonds. The molecule has 2 aromatic rings. The van der Waals surface area contributed by atoms with Crippen LogP contribution in [0.2, 0.25) is 0 Å². The van der Waals surface area contributed by atoms with Gasteiger partial charge in [-0.05, 0) is 37.1 Å². The second-order valence-electron chi connectivity index (χ2n) is 5.28. The Kier molecular flexibility index (Phi) is 5.18. The number of aryl methyl sites for hydroxylation is 1. The SMILES string of the molecule is COC(=O)C(O)=CC(=O)c1oc(C)c(C)c1Cc1ccc(F)cc1. The normalized spacial score (nSPS) is 11.4. The molecule has 0 aliphatic carbocycles. The summed E-state index contributed by atoms with van der Waals surface area (Å²) in [4.78, 5) is 23.5. The zero-order valence-electron chi connectivity index (χ0n) is 13.6. The van der Waals surface area contributed by atoms with Gasteiger partial charge in [-0.1, -0.05) is 12.1 Å². The molecule has 24 heavy (non-hydrogen) atoms. The second kappa shape index (κ2) is 7.12. The molecule has 0 aliphatic heterocycles. The van der Waals surface area contributed by atoms with Crippen LogP contribution in [0.1, 0.15) is 33.0 Å². The Morgan fingerprint density at radius 1 is 1.25 bits per heavy atom. The molecule has 1 heterocycles. The lowest BCUT2D eigenvalue weighted by molar-refractivity contribution is -0.139. The minimum Gasteiger partial charge on any atom is -0.502 e. The molecule has 0 spiro atoms. The average molecular weight is 332 g/mol. The lowest BCUT2D eigenvalue weighted by Crippen LogP contribution is -2.08. The lowest BCUT2D eigenvalue weighted by Gasteiger charge is -2.03. The molecule has 0 radical (unpaired) electrons. The number of furan rings is 1. The fourth-order valence-corrected chi connectivity index (χ4v) is 2.25. The van der Waals surface area contributed by atoms with Gasteiger partial charge in [0.15, 0.2) is 5.76 Å². The average Bonchev–Trinajstić information content (AvgIpc) is 2.84. The minimum absolute atomic E-state index is 0.0322. The van der Waals surface area contributed by atoms with Crippen LogP contribution >= 0.6 is 0 Å². The van der Waals surface area contributed by atoms with Crippen molar-refractivity contribution in [3.05, 3.63) is 70.1 Å². The van der Waals surface area contributed by atoms with Crippen LogP contribution in [-0.4, -0.2) is 24.0 Å². The van der Waals surface area contributed by atoms with Gasteiger partial charge in [0.2, 0.25) is 11.5 Å². The van der Waals surface area contributed by atoms with Crippen LogP contribution in [0.25, 0.3) is 0 Å². The molecule has 5 nitrogen and oxygen atoms in total. The second-order valence-corrected chi connectivity index (χ2v) is 5.28. The zero-order valence-corrected chi connectivity index (χ0v) is 13.6. The molecule has 0 saturated carbocycles. The van der Waals surface area contributed by atoms with Crippen molar-refractivity contribution in [1.82, 2.24) is 0 Å². The van der Waals surface area contributed by atoms with Gasteiger partial charge in [0, 0.05) is 18.1 Å². The summed E-state index contributed by atoms with van der Waals surface area (Å²) in [7, 11) is 1.10. The van der Waals surface area contributed by atoms with Crippen LogP contribution in [0, 0.1) is 19.7 Å². The number of hydrogen-bond acceptors (Lipinski definition) is 5. The predicted octanol–water partition coefficient (Wildman–Crippen LogP) is 3.42. The van der Waals surface area contributed by atoms with E-state index in [1.165, 1.54) is 12.1 Å². The summed E-state index contributed by atoms with van der Waals surface area (Å²) >= 11 is 0. The standard InChI is InChI=1S/C18H17FO5/c1-10-11(2)24-17(15(20)9-16(21)18(22)23-3)14(10)8-12-4-6-13(19)7-5-12/h4-7,9,21H,8H2,1-3H3. The summed E-state index contributed by atoms with van der Waals surface area (Å²) in [5, 5.41) is 9.52. The fraction of sp³-hybridized carbons (Fsp3) is 0.222. The largest absolute Gasteiger partial charge is 0.502 e. The third kappa shape index (κ3) is 3.71. The quantitative estimate of drug-likeness (QED) is 0.393. The summed E-state index contributed by atoms with van der Waals surface area (Å²) in [5.41, 5.74) is 2.21. The van der Waals surface area contributed by atoms with Crippen molar-refractivity contribution in [3.8, 4) is 0 Å². The molecular weight excluding hydrogens is 315 g/mol. The third-order valence-corrected chi connectivity index (χ3v) is 3.69. The number of aliphatic hydroxyl groups excluding tert-OH is 1. The number of methoxy groups -OCH3 is 1. The molecule has 0 aliphatic rings. The van der Waals surface area contributed by atoms with Crippen LogP contribution in [0.5, 0.6) is 0 Å². The maximum Gasteiger partial charge on any atom is 0.373 e. The van der Waals surface area contributed by atoms with Crippen LogP contribution in [-0.2, 0) is 16.0 Å². The van der Waals surface area contributed by atoms with E-state index >= 15 is 0 Å². The Labute approximate surface area is 138 Å². The molecule has 0 fully saturated rings. The lowest BCUT2D eigenvalue weighted by atomic mass is 9.99. The molecule has 1 N–H and O–H groups in total. The number of ether oxygens (including phenoxy) is 1. The van der Waals surface area contributed by atoms with Crippen LogP contribution < -0.4 is 0 Å². The summed E-state index contributed by atoms with van der Waals surface area (Å²) in [6.07, 6.45) is 1.12. The number of halogens is 1. The third-order valence-electron chi connectivity index (χ3n) is 3.69. The monoisotopic (exact) mass is 332 g/mol. The first-order chi connectivity index (χ1) is 11.3. The van der Waals surface area contributed by atoms with Gasteiger partial charge in [-0.2, -0.15) is 0 Å². The van der Waals surface area contributed by atoms with E-state index in [0.29, 0.717) is 17.7 Å². The minimum atomic E-state index is -1.01. The molecule has 0 bridgehead atoms. The van der Waals surface area contributed by atoms with Gasteiger partial charge < -0.3 is 14.3 Å². The number of benzene rings is 1. The number of esters is 1. The van der Waals surface area contributed by atoms with E-state index in [2.05, 4.69) is 4.74 Å². The Hall–Kier alpha value is -2.89. The molecule has 0 saturated heterocycles. The van der Waals surface area contributed by atoms with Crippen LogP contribution in [0.15, 0.2) is 40.5 Å². The highest BCUT2D eigenvalue weighted by atomic mass is 19.1. The Morgan fingerprint density at radius 2 is 1.88 bits per heavy atom. The van der Waals surface area contributed by atoms with Crippen LogP contribution in [0.3, 0.4) is 0 Å². The van der Waals surface area contributed by atoms with Crippen molar-refractivity contribution in [2.45, 2.75) is 20.3 Å². The molecule has 6 heteroatoms. The van der Waals surface area contributed by atoms with Gasteiger partial charge in [-0.15, -0.1) is 0 Å². The summed E-state index contributed by atoms with van der Waals surface area (Å²) in [6, 6.07) is 5.91. The van der Waals surface area contributed by atoms with E-state index < -0.39 is 17.5 Å². The number of rotatable bonds is 5. The molecule has 2 rings (SSSR count). The Balaban J connectivity index is 2.37. The maximum atomic E-state index is 13.0. The number of hydrogen-bond donors (Lipinski definition) is 1. The van der Waals surface area contributed by atoms with Gasteiger partial charge >= 0.3 is 5.97 Å². The molecule has 0 unspecified atom stereocenters. The first-order valence-electron chi connectivity index (χ1n) is 7.20. The van der Waals surface area contributed by atoms with Crippen molar-refractivity contribution < 1.29 is 28.2 Å². The number of allylic oxidation sites excluding steroid dienone is 1. The first kappa shape index (κ1) is 17.5. The van der Waals surface area contributed by atoms with Gasteiger partial charge in [-0.25, -0.2) is 9.18 Å². The highest BCUT2D eigenvalue weighted by Crippen LogP contribution is 2.25. The van der Waals surface area contributed by atoms with Crippen LogP contribution in [0.4, 0.5) is 4.39 Å². The topological polar surface area (TPSA) is 76.7 Å². The van der Waals surface area contributed by atoms with Gasteiger partial charge in [0.25, 0.3) is 0 Å². The van der Waals surface area contributed by atoms with E-state index in [1.54, 1.807) is 26.0 Å². The maximum absolute atomic E-state index is 13.0. The summed E-state index contributed by atoms with van der Waals surface area (Å²) in [6.45, 7) is 3.52. The van der Waals surface area contributed by atoms with E-state index in [-0.39, 0.29) is 11.6 Å². The van der Waals surface area contributed by atoms with Gasteiger partial charge in [-0.3, -0.25) is 4.79 Å². The molecule has 1 aromatic carbocycles. The predicted molar refractivity (Wildman–Crippen MR) is 84.4 cm³/mol. The van der Waals surface area contributed by atoms with Crippen molar-refractivity contribution >= 4 is 11.8 Å². The summed E-state index contributed by atoms with van der Waals surface area (Å²) < 4.78 is 22.8. The first-order valence-corrected chi connectivity index (χ1v) is 7.20. The van der Waals surface area contributed by atoms with E-state index in [4.69, 9.17) is 4.42 Å². The van der Waals surface area contributed by atoms with Crippen molar-refractivity contribution in [2.24, 2.45) is 0 Å². The highest BCUT2D eigenvalue weighted by Gasteiger charge is 2.21. The smallest absolute Gasteiger partial charge is 0.373 e. The van der Waals surface area contributed by atoms with E-state index in [1.807, 2.05) is 0 Å². The molecular formula is C18H17FO5. The zero-order chi connectivity index (χ0) is 17.9. The Morgan fingerprint density at radius 3 is 2.46 bits per heavy atom. The number of carbonyl (C=O) groups excluding carboxylic acids is 2. The van der Waals surface area contributed by atoms with E-state index in [9.17, 15) is 19.1 Å². The summed E-state index contributed by atoms with van der Waals surface area (Å²) in [5.74, 6) is -2.22. The number of aliphatic hydroxyl groups is 1. The molecule has 0 atom stereocenters. The fourth-order valence-electron chi connectivity index (χ4n) is 2.25. The van der Waals surface area contributed by atoms with Crippen molar-refractivity contribution in [2.75, 3.05) is 7.11 Å². The van der Waals surface area contributed by atoms with E-state index in [0.717, 1.165) is 24.3 Å². The highest BCUT2D eigenvalue weighted by molar-refractivity contribution is 6.07. The van der Waals surface area contributed by atoms with Crippen molar-refractivity contribution in [1.29, 1.82) is 0 Å². The van der Waals surface area contributed by atoms with Gasteiger partial charge in [0.05, 0.1) is 7.11 Å². The Bertz CT molecular complexity index is 800. The molecule has 126 valence electrons. The van der Waals surface area contributed by atoms with Gasteiger partial charge in [0.1, 0.15) is 11.6 Å². The number of ketones is 1.